The van der Waals surface area contributed by atoms with Gasteiger partial charge in [-0.25, -0.2) is 4.79 Å². The molecule has 0 bridgehead atoms. The Morgan fingerprint density at radius 3 is 2.62 bits per heavy atom. The molecule has 1 unspecified atom stereocenters. The van der Waals surface area contributed by atoms with E-state index in [-0.39, 0.29) is 11.2 Å². The van der Waals surface area contributed by atoms with E-state index in [0.29, 0.717) is 18.1 Å². The molecule has 0 spiro atoms. The smallest absolute Gasteiger partial charge is 0.338 e. The van der Waals surface area contributed by atoms with Crippen LogP contribution in [0.15, 0.2) is 24.3 Å². The van der Waals surface area contributed by atoms with Crippen LogP contribution in [-0.2, 0) is 4.74 Å². The minimum atomic E-state index is -0.260. The summed E-state index contributed by atoms with van der Waals surface area (Å²) in [5, 5.41) is 0.123. The summed E-state index contributed by atoms with van der Waals surface area (Å²) in [5.41, 5.74) is 1.63. The first-order valence-corrected chi connectivity index (χ1v) is 5.97. The van der Waals surface area contributed by atoms with Crippen LogP contribution in [0.25, 0.3) is 0 Å². The number of esters is 1. The zero-order valence-electron chi connectivity index (χ0n) is 9.93. The van der Waals surface area contributed by atoms with Crippen LogP contribution in [0.1, 0.15) is 41.9 Å². The molecule has 1 aromatic carbocycles. The molecule has 1 rings (SSSR count). The summed E-state index contributed by atoms with van der Waals surface area (Å²) in [5.74, 6) is 0.0977. The standard InChI is InChI=1S/C13H18O2S/c1-9(2)8-15-13(14)12-6-4-5-11(7-12)10(3)16/h4-7,9-10,16H,8H2,1-3H3. The van der Waals surface area contributed by atoms with E-state index in [1.54, 1.807) is 6.07 Å². The average molecular weight is 238 g/mol. The highest BCUT2D eigenvalue weighted by Gasteiger charge is 2.09. The second kappa shape index (κ2) is 5.94. The van der Waals surface area contributed by atoms with E-state index >= 15 is 0 Å². The van der Waals surface area contributed by atoms with Crippen LogP contribution in [0.4, 0.5) is 0 Å². The molecule has 0 N–H and O–H groups in total. The number of rotatable bonds is 4. The van der Waals surface area contributed by atoms with E-state index in [1.165, 1.54) is 0 Å². The fourth-order valence-corrected chi connectivity index (χ4v) is 1.41. The van der Waals surface area contributed by atoms with Crippen LogP contribution < -0.4 is 0 Å². The third-order valence-corrected chi connectivity index (χ3v) is 2.45. The highest BCUT2D eigenvalue weighted by molar-refractivity contribution is 7.80. The number of hydrogen-bond donors (Lipinski definition) is 1. The molecule has 3 heteroatoms. The summed E-state index contributed by atoms with van der Waals surface area (Å²) in [6, 6.07) is 7.41. The first kappa shape index (κ1) is 13.1. The summed E-state index contributed by atoms with van der Waals surface area (Å²) in [6.07, 6.45) is 0. The summed E-state index contributed by atoms with van der Waals surface area (Å²) in [6.45, 7) is 6.46. The second-order valence-corrected chi connectivity index (χ2v) is 5.07. The summed E-state index contributed by atoms with van der Waals surface area (Å²) in [4.78, 5) is 11.7. The van der Waals surface area contributed by atoms with E-state index in [0.717, 1.165) is 5.56 Å². The van der Waals surface area contributed by atoms with Gasteiger partial charge >= 0.3 is 5.97 Å². The molecule has 0 aromatic heterocycles. The van der Waals surface area contributed by atoms with Crippen LogP contribution in [0.2, 0.25) is 0 Å². The monoisotopic (exact) mass is 238 g/mol. The number of benzene rings is 1. The maximum atomic E-state index is 11.7. The maximum Gasteiger partial charge on any atom is 0.338 e. The average Bonchev–Trinajstić information content (AvgIpc) is 2.26. The minimum absolute atomic E-state index is 0.123. The lowest BCUT2D eigenvalue weighted by Crippen LogP contribution is -2.10. The molecule has 1 aromatic rings. The lowest BCUT2D eigenvalue weighted by atomic mass is 10.1. The van der Waals surface area contributed by atoms with Crippen molar-refractivity contribution in [2.45, 2.75) is 26.0 Å². The van der Waals surface area contributed by atoms with Crippen molar-refractivity contribution < 1.29 is 9.53 Å². The highest BCUT2D eigenvalue weighted by Crippen LogP contribution is 2.20. The van der Waals surface area contributed by atoms with Crippen molar-refractivity contribution >= 4 is 18.6 Å². The van der Waals surface area contributed by atoms with Crippen molar-refractivity contribution in [3.05, 3.63) is 35.4 Å². The van der Waals surface area contributed by atoms with Crippen molar-refractivity contribution in [1.82, 2.24) is 0 Å². The minimum Gasteiger partial charge on any atom is -0.462 e. The molecule has 0 fully saturated rings. The van der Waals surface area contributed by atoms with Crippen molar-refractivity contribution in [1.29, 1.82) is 0 Å². The van der Waals surface area contributed by atoms with Crippen LogP contribution in [0.3, 0.4) is 0 Å². The molecule has 2 nitrogen and oxygen atoms in total. The zero-order valence-corrected chi connectivity index (χ0v) is 10.8. The molecule has 0 aliphatic heterocycles. The van der Waals surface area contributed by atoms with E-state index in [1.807, 2.05) is 39.0 Å². The predicted octanol–water partition coefficient (Wildman–Crippen LogP) is 3.49. The van der Waals surface area contributed by atoms with Crippen LogP contribution in [0.5, 0.6) is 0 Å². The molecule has 88 valence electrons. The van der Waals surface area contributed by atoms with Gasteiger partial charge in [-0.1, -0.05) is 26.0 Å². The van der Waals surface area contributed by atoms with Gasteiger partial charge in [0.15, 0.2) is 0 Å². The van der Waals surface area contributed by atoms with Gasteiger partial charge in [0.25, 0.3) is 0 Å². The van der Waals surface area contributed by atoms with Crippen LogP contribution in [-0.4, -0.2) is 12.6 Å². The first-order valence-electron chi connectivity index (χ1n) is 5.46. The van der Waals surface area contributed by atoms with Gasteiger partial charge in [-0.15, -0.1) is 0 Å². The van der Waals surface area contributed by atoms with Gasteiger partial charge < -0.3 is 4.74 Å². The maximum absolute atomic E-state index is 11.7. The molecular formula is C13H18O2S. The lowest BCUT2D eigenvalue weighted by molar-refractivity contribution is 0.0459. The first-order chi connectivity index (χ1) is 7.50. The highest BCUT2D eigenvalue weighted by atomic mass is 32.1. The largest absolute Gasteiger partial charge is 0.462 e. The summed E-state index contributed by atoms with van der Waals surface area (Å²) in [7, 11) is 0. The Balaban J connectivity index is 2.72. The van der Waals surface area contributed by atoms with Crippen molar-refractivity contribution in [2.75, 3.05) is 6.61 Å². The Labute approximate surface area is 102 Å². The van der Waals surface area contributed by atoms with Crippen molar-refractivity contribution in [3.8, 4) is 0 Å². The van der Waals surface area contributed by atoms with Crippen molar-refractivity contribution in [3.63, 3.8) is 0 Å². The number of carbonyl (C=O) groups excluding carboxylic acids is 1. The van der Waals surface area contributed by atoms with Crippen LogP contribution >= 0.6 is 12.6 Å². The van der Waals surface area contributed by atoms with Gasteiger partial charge in [-0.2, -0.15) is 12.6 Å². The quantitative estimate of drug-likeness (QED) is 0.642. The Hall–Kier alpha value is -0.960. The number of carbonyl (C=O) groups is 1. The molecule has 0 amide bonds. The van der Waals surface area contributed by atoms with Crippen LogP contribution in [0, 0.1) is 5.92 Å². The normalized spacial score (nSPS) is 12.6. The second-order valence-electron chi connectivity index (χ2n) is 4.29. The van der Waals surface area contributed by atoms with Gasteiger partial charge in [-0.05, 0) is 30.5 Å². The fraction of sp³-hybridized carbons (Fsp3) is 0.462. The molecule has 0 heterocycles. The Morgan fingerprint density at radius 1 is 1.38 bits per heavy atom. The lowest BCUT2D eigenvalue weighted by Gasteiger charge is -2.09. The zero-order chi connectivity index (χ0) is 12.1. The Bertz CT molecular complexity index is 359. The van der Waals surface area contributed by atoms with Gasteiger partial charge in [0, 0.05) is 5.25 Å². The molecule has 1 atom stereocenters. The predicted molar refractivity (Wildman–Crippen MR) is 69.0 cm³/mol. The van der Waals surface area contributed by atoms with Gasteiger partial charge in [0.1, 0.15) is 0 Å². The topological polar surface area (TPSA) is 26.3 Å². The number of ether oxygens (including phenoxy) is 1. The molecule has 0 saturated carbocycles. The summed E-state index contributed by atoms with van der Waals surface area (Å²) >= 11 is 4.34. The molecular weight excluding hydrogens is 220 g/mol. The van der Waals surface area contributed by atoms with Crippen molar-refractivity contribution in [2.24, 2.45) is 5.92 Å². The van der Waals surface area contributed by atoms with E-state index in [9.17, 15) is 4.79 Å². The Kier molecular flexibility index (Phi) is 4.87. The van der Waals surface area contributed by atoms with E-state index < -0.39 is 0 Å². The third kappa shape index (κ3) is 3.89. The molecule has 0 saturated heterocycles. The molecule has 0 aliphatic rings. The molecule has 0 radical (unpaired) electrons. The molecule has 16 heavy (non-hydrogen) atoms. The fourth-order valence-electron chi connectivity index (χ4n) is 1.25. The third-order valence-electron chi connectivity index (χ3n) is 2.15. The SMILES string of the molecule is CC(C)COC(=O)c1cccc(C(C)S)c1. The van der Waals surface area contributed by atoms with Gasteiger partial charge in [0.05, 0.1) is 12.2 Å². The van der Waals surface area contributed by atoms with Gasteiger partial charge in [-0.3, -0.25) is 0 Å². The summed E-state index contributed by atoms with van der Waals surface area (Å²) < 4.78 is 5.16. The number of thiol groups is 1. The molecule has 0 aliphatic carbocycles. The van der Waals surface area contributed by atoms with E-state index in [2.05, 4.69) is 12.6 Å². The Morgan fingerprint density at radius 2 is 2.06 bits per heavy atom. The van der Waals surface area contributed by atoms with Gasteiger partial charge in [0.2, 0.25) is 0 Å². The number of hydrogen-bond acceptors (Lipinski definition) is 3. The van der Waals surface area contributed by atoms with E-state index in [4.69, 9.17) is 4.74 Å².